The van der Waals surface area contributed by atoms with E-state index in [4.69, 9.17) is 4.74 Å². The normalized spacial score (nSPS) is 28.6. The average Bonchev–Trinajstić information content (AvgIpc) is 2.92. The van der Waals surface area contributed by atoms with E-state index in [0.29, 0.717) is 48.4 Å². The summed E-state index contributed by atoms with van der Waals surface area (Å²) in [5.41, 5.74) is -4.56. The molecule has 160 valence electrons. The van der Waals surface area contributed by atoms with Gasteiger partial charge in [0.1, 0.15) is 11.6 Å². The summed E-state index contributed by atoms with van der Waals surface area (Å²) in [6, 6.07) is 6.66. The highest BCUT2D eigenvalue weighted by Crippen LogP contribution is 2.65. The number of ether oxygens (including phenoxy) is 1. The van der Waals surface area contributed by atoms with Crippen LogP contribution >= 0.6 is 0 Å². The second-order valence-electron chi connectivity index (χ2n) is 7.95. The van der Waals surface area contributed by atoms with Gasteiger partial charge in [-0.25, -0.2) is 4.39 Å². The maximum atomic E-state index is 14.6. The van der Waals surface area contributed by atoms with Gasteiger partial charge in [-0.15, -0.1) is 0 Å². The highest BCUT2D eigenvalue weighted by atomic mass is 19.4. The van der Waals surface area contributed by atoms with E-state index in [1.165, 1.54) is 31.1 Å². The number of amides is 1. The lowest BCUT2D eigenvalue weighted by Crippen LogP contribution is -2.65. The van der Waals surface area contributed by atoms with Crippen molar-refractivity contribution in [2.75, 3.05) is 13.7 Å². The zero-order valence-corrected chi connectivity index (χ0v) is 16.5. The fourth-order valence-corrected chi connectivity index (χ4v) is 4.58. The van der Waals surface area contributed by atoms with Gasteiger partial charge in [0, 0.05) is 17.8 Å². The van der Waals surface area contributed by atoms with Crippen LogP contribution in [0.1, 0.15) is 36.5 Å². The number of benzene rings is 1. The van der Waals surface area contributed by atoms with Crippen molar-refractivity contribution in [2.24, 2.45) is 5.41 Å². The van der Waals surface area contributed by atoms with Crippen molar-refractivity contribution in [2.45, 2.75) is 38.0 Å². The molecule has 1 fully saturated rings. The summed E-state index contributed by atoms with van der Waals surface area (Å²) >= 11 is 0. The Labute approximate surface area is 171 Å². The number of rotatable bonds is 2. The van der Waals surface area contributed by atoms with Crippen LogP contribution < -0.4 is 4.74 Å². The first-order chi connectivity index (χ1) is 14.1. The molecule has 1 saturated heterocycles. The van der Waals surface area contributed by atoms with Gasteiger partial charge in [-0.1, -0.05) is 18.2 Å². The maximum Gasteiger partial charge on any atom is 0.424 e. The number of aliphatic hydroxyl groups is 1. The lowest BCUT2D eigenvalue weighted by molar-refractivity contribution is -0.288. The number of carbonyl (C=O) groups is 1. The van der Waals surface area contributed by atoms with E-state index in [1.54, 1.807) is 24.3 Å². The van der Waals surface area contributed by atoms with Crippen LogP contribution in [0.2, 0.25) is 0 Å². The van der Waals surface area contributed by atoms with E-state index in [2.05, 4.69) is 0 Å². The number of allylic oxidation sites excluding steroid dienone is 2. The number of hydrogen-bond donors (Lipinski definition) is 1. The first kappa shape index (κ1) is 20.7. The molecule has 1 N–H and O–H groups in total. The summed E-state index contributed by atoms with van der Waals surface area (Å²) in [5, 5.41) is 10.2. The molecular weight excluding hydrogens is 402 g/mol. The Bertz CT molecular complexity index is 1010. The molecule has 0 radical (unpaired) electrons. The number of alkyl halides is 3. The van der Waals surface area contributed by atoms with Crippen LogP contribution in [0.25, 0.3) is 0 Å². The van der Waals surface area contributed by atoms with Crippen LogP contribution in [-0.4, -0.2) is 41.3 Å². The second-order valence-corrected chi connectivity index (χ2v) is 7.95. The van der Waals surface area contributed by atoms with Crippen molar-refractivity contribution in [3.63, 3.8) is 0 Å². The summed E-state index contributed by atoms with van der Waals surface area (Å²) in [7, 11) is 1.44. The largest absolute Gasteiger partial charge is 0.496 e. The molecule has 2 atom stereocenters. The van der Waals surface area contributed by atoms with Gasteiger partial charge in [-0.3, -0.25) is 4.79 Å². The SMILES string of the molecule is COc1ccccc1C(=O)N1CCCCC2=CC3(C)C(=C(F)C3(O)C(F)(F)F)C=C21. The minimum Gasteiger partial charge on any atom is -0.496 e. The van der Waals surface area contributed by atoms with Crippen LogP contribution in [0.15, 0.2) is 59.1 Å². The number of likely N-dealkylation sites (tertiary alicyclic amines) is 1. The number of methoxy groups -OCH3 is 1. The summed E-state index contributed by atoms with van der Waals surface area (Å²) in [5.74, 6) is -1.62. The molecule has 1 amide bonds. The Morgan fingerprint density at radius 3 is 2.60 bits per heavy atom. The van der Waals surface area contributed by atoms with Crippen LogP contribution in [0.4, 0.5) is 17.6 Å². The molecule has 1 aliphatic heterocycles. The number of halogens is 4. The molecule has 30 heavy (non-hydrogen) atoms. The van der Waals surface area contributed by atoms with Gasteiger partial charge in [0.05, 0.1) is 18.1 Å². The third-order valence-corrected chi connectivity index (χ3v) is 6.30. The number of fused-ring (bicyclic) bond motifs is 2. The Hall–Kier alpha value is -2.61. The average molecular weight is 423 g/mol. The van der Waals surface area contributed by atoms with Gasteiger partial charge < -0.3 is 14.7 Å². The van der Waals surface area contributed by atoms with Gasteiger partial charge in [0.15, 0.2) is 0 Å². The van der Waals surface area contributed by atoms with Crippen molar-refractivity contribution >= 4 is 5.91 Å². The topological polar surface area (TPSA) is 49.8 Å². The Morgan fingerprint density at radius 2 is 1.93 bits per heavy atom. The van der Waals surface area contributed by atoms with Crippen molar-refractivity contribution in [1.29, 1.82) is 0 Å². The fourth-order valence-electron chi connectivity index (χ4n) is 4.58. The molecule has 1 heterocycles. The maximum absolute atomic E-state index is 14.6. The third kappa shape index (κ3) is 2.59. The van der Waals surface area contributed by atoms with E-state index in [0.717, 1.165) is 0 Å². The quantitative estimate of drug-likeness (QED) is 0.703. The number of hydrogen-bond acceptors (Lipinski definition) is 3. The summed E-state index contributed by atoms with van der Waals surface area (Å²) in [6.45, 7) is 1.52. The van der Waals surface area contributed by atoms with Crippen LogP contribution in [0, 0.1) is 5.41 Å². The van der Waals surface area contributed by atoms with E-state index in [9.17, 15) is 27.5 Å². The van der Waals surface area contributed by atoms with Gasteiger partial charge in [0.25, 0.3) is 5.91 Å². The molecule has 0 saturated carbocycles. The second kappa shape index (κ2) is 6.70. The van der Waals surface area contributed by atoms with Crippen LogP contribution in [0.5, 0.6) is 5.75 Å². The highest BCUT2D eigenvalue weighted by Gasteiger charge is 2.75. The molecule has 1 aromatic rings. The smallest absolute Gasteiger partial charge is 0.424 e. The van der Waals surface area contributed by atoms with E-state index in [1.807, 2.05) is 0 Å². The van der Waals surface area contributed by atoms with Crippen LogP contribution in [-0.2, 0) is 0 Å². The molecule has 0 bridgehead atoms. The highest BCUT2D eigenvalue weighted by molar-refractivity contribution is 5.98. The van der Waals surface area contributed by atoms with Crippen molar-refractivity contribution in [3.8, 4) is 5.75 Å². The zero-order chi connectivity index (χ0) is 21.9. The van der Waals surface area contributed by atoms with Crippen molar-refractivity contribution in [1.82, 2.24) is 4.90 Å². The predicted octanol–water partition coefficient (Wildman–Crippen LogP) is 4.68. The summed E-state index contributed by atoms with van der Waals surface area (Å²) in [4.78, 5) is 14.7. The Balaban J connectivity index is 1.82. The molecule has 4 rings (SSSR count). The van der Waals surface area contributed by atoms with Crippen molar-refractivity contribution in [3.05, 3.63) is 64.7 Å². The molecule has 8 heteroatoms. The standard InChI is InChI=1S/C22H21F4NO3/c1-20-12-13-7-5-6-10-27(19(28)14-8-3-4-9-17(14)30-2)16(13)11-15(20)18(23)21(20,29)22(24,25)26/h3-4,8-9,11-12,29H,5-7,10H2,1-2H3. The predicted molar refractivity (Wildman–Crippen MR) is 101 cm³/mol. The summed E-state index contributed by atoms with van der Waals surface area (Å²) < 4.78 is 60.4. The number of para-hydroxylation sites is 1. The minimum absolute atomic E-state index is 0.249. The van der Waals surface area contributed by atoms with Gasteiger partial charge >= 0.3 is 6.18 Å². The first-order valence-corrected chi connectivity index (χ1v) is 9.65. The van der Waals surface area contributed by atoms with E-state index < -0.39 is 23.0 Å². The lowest BCUT2D eigenvalue weighted by Gasteiger charge is -2.54. The fraction of sp³-hybridized carbons (Fsp3) is 0.409. The van der Waals surface area contributed by atoms with E-state index in [-0.39, 0.29) is 11.5 Å². The lowest BCUT2D eigenvalue weighted by atomic mass is 9.54. The Morgan fingerprint density at radius 1 is 1.23 bits per heavy atom. The summed E-state index contributed by atoms with van der Waals surface area (Å²) in [6.07, 6.45) is -0.876. The van der Waals surface area contributed by atoms with E-state index >= 15 is 0 Å². The molecular formula is C22H21F4NO3. The molecule has 3 aliphatic rings. The third-order valence-electron chi connectivity index (χ3n) is 6.30. The molecule has 0 aromatic heterocycles. The molecule has 2 aliphatic carbocycles. The van der Waals surface area contributed by atoms with Crippen LogP contribution in [0.3, 0.4) is 0 Å². The minimum atomic E-state index is -5.16. The molecule has 4 nitrogen and oxygen atoms in total. The Kier molecular flexibility index (Phi) is 4.61. The first-order valence-electron chi connectivity index (χ1n) is 9.65. The van der Waals surface area contributed by atoms with Gasteiger partial charge in [-0.2, -0.15) is 13.2 Å². The number of nitrogens with zero attached hydrogens (tertiary/aromatic N) is 1. The molecule has 2 unspecified atom stereocenters. The molecule has 0 spiro atoms. The van der Waals surface area contributed by atoms with Gasteiger partial charge in [-0.05, 0) is 50.0 Å². The zero-order valence-electron chi connectivity index (χ0n) is 16.5. The monoisotopic (exact) mass is 423 g/mol. The van der Waals surface area contributed by atoms with Crippen molar-refractivity contribution < 1.29 is 32.2 Å². The number of carbonyl (C=O) groups excluding carboxylic acids is 1. The molecule has 1 aromatic carbocycles. The van der Waals surface area contributed by atoms with Gasteiger partial charge in [0.2, 0.25) is 5.60 Å².